The van der Waals surface area contributed by atoms with Crippen molar-refractivity contribution in [3.05, 3.63) is 27.7 Å². The molecule has 14 heteroatoms. The molecule has 0 saturated carbocycles. The van der Waals surface area contributed by atoms with Crippen molar-refractivity contribution in [3.63, 3.8) is 0 Å². The van der Waals surface area contributed by atoms with E-state index in [2.05, 4.69) is 31.6 Å². The van der Waals surface area contributed by atoms with Gasteiger partial charge in [0.1, 0.15) is 34.0 Å². The van der Waals surface area contributed by atoms with Crippen LogP contribution >= 0.6 is 27.7 Å². The number of fused-ring (bicyclic) bond motifs is 1. The third-order valence-electron chi connectivity index (χ3n) is 4.64. The lowest BCUT2D eigenvalue weighted by Crippen LogP contribution is -2.70. The van der Waals surface area contributed by atoms with Crippen LogP contribution in [-0.4, -0.2) is 75.0 Å². The fourth-order valence-electron chi connectivity index (χ4n) is 3.21. The number of carboxylic acids is 1. The average molecular weight is 545 g/mol. The number of nitrogens with zero attached hydrogens (tertiary/aromatic N) is 3. The summed E-state index contributed by atoms with van der Waals surface area (Å²) in [7, 11) is 0. The maximum atomic E-state index is 12.6. The fraction of sp³-hybridized carbons (Fsp3) is 0.474. The van der Waals surface area contributed by atoms with Crippen LogP contribution in [0.1, 0.15) is 32.4 Å². The van der Waals surface area contributed by atoms with E-state index in [1.807, 2.05) is 6.92 Å². The molecule has 12 nitrogen and oxygen atoms in total. The predicted octanol–water partition coefficient (Wildman–Crippen LogP) is 1.26. The van der Waals surface area contributed by atoms with Crippen molar-refractivity contribution in [1.82, 2.24) is 15.4 Å². The summed E-state index contributed by atoms with van der Waals surface area (Å²) in [6.45, 7) is 2.50. The Morgan fingerprint density at radius 2 is 2.21 bits per heavy atom. The van der Waals surface area contributed by atoms with Crippen LogP contribution in [0.3, 0.4) is 0 Å². The van der Waals surface area contributed by atoms with Crippen LogP contribution in [0.2, 0.25) is 0 Å². The number of hydrogen-bond donors (Lipinski definition) is 2. The minimum absolute atomic E-state index is 0.217. The zero-order valence-electron chi connectivity index (χ0n) is 17.7. The van der Waals surface area contributed by atoms with Crippen LogP contribution in [0.25, 0.3) is 0 Å². The van der Waals surface area contributed by atoms with E-state index >= 15 is 0 Å². The van der Waals surface area contributed by atoms with Gasteiger partial charge in [-0.3, -0.25) is 19.3 Å². The minimum Gasteiger partial charge on any atom is -0.477 e. The van der Waals surface area contributed by atoms with Crippen LogP contribution in [-0.2, 0) is 28.8 Å². The smallest absolute Gasteiger partial charge is 0.352 e. The lowest BCUT2D eigenvalue weighted by Gasteiger charge is -2.49. The Kier molecular flexibility index (Phi) is 8.13. The zero-order chi connectivity index (χ0) is 24.1. The Labute approximate surface area is 200 Å². The number of carboxylic acid groups (broad SMARTS) is 1. The number of esters is 1. The molecule has 2 aliphatic rings. The molecule has 2 aliphatic heterocycles. The van der Waals surface area contributed by atoms with Gasteiger partial charge in [-0.05, 0) is 22.4 Å². The zero-order valence-corrected chi connectivity index (χ0v) is 20.1. The van der Waals surface area contributed by atoms with Gasteiger partial charge in [0.25, 0.3) is 11.8 Å². The van der Waals surface area contributed by atoms with Crippen molar-refractivity contribution in [2.24, 2.45) is 5.16 Å². The molecule has 1 fully saturated rings. The van der Waals surface area contributed by atoms with E-state index < -0.39 is 41.8 Å². The number of ether oxygens (including phenoxy) is 1. The van der Waals surface area contributed by atoms with Crippen molar-refractivity contribution >= 4 is 57.2 Å². The van der Waals surface area contributed by atoms with Gasteiger partial charge >= 0.3 is 11.9 Å². The van der Waals surface area contributed by atoms with Gasteiger partial charge in [0.2, 0.25) is 0 Å². The summed E-state index contributed by atoms with van der Waals surface area (Å²) in [5.41, 5.74) is 0.574. The maximum absolute atomic E-state index is 12.6. The van der Waals surface area contributed by atoms with E-state index in [1.54, 1.807) is 6.07 Å². The second-order valence-corrected chi connectivity index (χ2v) is 8.99. The van der Waals surface area contributed by atoms with E-state index in [4.69, 9.17) is 14.1 Å². The largest absolute Gasteiger partial charge is 0.477 e. The maximum Gasteiger partial charge on any atom is 0.352 e. The second kappa shape index (κ2) is 10.8. The number of hydrogen-bond acceptors (Lipinski definition) is 10. The third-order valence-corrected chi connectivity index (χ3v) is 6.35. The summed E-state index contributed by atoms with van der Waals surface area (Å²) in [5, 5.41) is 19.2. The standard InChI is InChI=1S/C19H21BrN4O8S/c1-3-4-11(12-5-13(20)23-32-12)22-31-7-14(26)21-15-17(27)24-16(19(28)29)10(6-30-9(2)25)8-33-18(15)24/h5,15,18H,3-4,6-8H2,1-2H3,(H,21,26)(H,28,29)/b22-11+/t15-,18-/m1/s1. The van der Waals surface area contributed by atoms with Crippen molar-refractivity contribution < 1.29 is 38.4 Å². The molecular formula is C19H21BrN4O8S. The molecule has 2 N–H and O–H groups in total. The SMILES string of the molecule is CCC/C(=N\OCC(=O)N[C@@H]1C(=O)N2C(C(=O)O)=C(COC(C)=O)CS[C@H]12)c1cc(Br)no1. The molecule has 178 valence electrons. The molecule has 0 bridgehead atoms. The topological polar surface area (TPSA) is 161 Å². The number of thioether (sulfide) groups is 1. The van der Waals surface area contributed by atoms with Crippen molar-refractivity contribution in [3.8, 4) is 0 Å². The number of rotatable bonds is 10. The molecule has 33 heavy (non-hydrogen) atoms. The first-order valence-corrected chi connectivity index (χ1v) is 11.7. The van der Waals surface area contributed by atoms with Gasteiger partial charge < -0.3 is 24.5 Å². The molecule has 3 rings (SSSR count). The molecule has 2 amide bonds. The molecule has 0 radical (unpaired) electrons. The highest BCUT2D eigenvalue weighted by Crippen LogP contribution is 2.40. The van der Waals surface area contributed by atoms with E-state index in [-0.39, 0.29) is 18.1 Å². The van der Waals surface area contributed by atoms with Gasteiger partial charge in [-0.25, -0.2) is 4.79 Å². The summed E-state index contributed by atoms with van der Waals surface area (Å²) in [4.78, 5) is 53.9. The van der Waals surface area contributed by atoms with Crippen LogP contribution in [0.4, 0.5) is 0 Å². The number of aliphatic carboxylic acids is 1. The van der Waals surface area contributed by atoms with Crippen molar-refractivity contribution in [2.75, 3.05) is 19.0 Å². The van der Waals surface area contributed by atoms with Crippen LogP contribution in [0.15, 0.2) is 31.6 Å². The first kappa shape index (κ1) is 24.8. The number of nitrogens with one attached hydrogen (secondary N) is 1. The van der Waals surface area contributed by atoms with Gasteiger partial charge in [0, 0.05) is 24.3 Å². The molecule has 3 heterocycles. The molecular weight excluding hydrogens is 524 g/mol. The highest BCUT2D eigenvalue weighted by atomic mass is 79.9. The number of amides is 2. The first-order chi connectivity index (χ1) is 15.7. The quantitative estimate of drug-likeness (QED) is 0.190. The summed E-state index contributed by atoms with van der Waals surface area (Å²) < 4.78 is 10.5. The van der Waals surface area contributed by atoms with E-state index in [9.17, 15) is 24.3 Å². The molecule has 0 spiro atoms. The Bertz CT molecular complexity index is 1020. The molecule has 1 saturated heterocycles. The summed E-state index contributed by atoms with van der Waals surface area (Å²) in [6, 6.07) is 0.725. The second-order valence-electron chi connectivity index (χ2n) is 7.07. The lowest BCUT2D eigenvalue weighted by molar-refractivity contribution is -0.151. The van der Waals surface area contributed by atoms with Crippen LogP contribution < -0.4 is 5.32 Å². The number of carbonyl (C=O) groups is 4. The Morgan fingerprint density at radius 3 is 2.82 bits per heavy atom. The van der Waals surface area contributed by atoms with E-state index in [0.29, 0.717) is 28.1 Å². The number of oxime groups is 1. The Balaban J connectivity index is 1.59. The fourth-order valence-corrected chi connectivity index (χ4v) is 4.81. The van der Waals surface area contributed by atoms with Gasteiger partial charge in [0.15, 0.2) is 12.4 Å². The third kappa shape index (κ3) is 5.74. The molecule has 0 aromatic carbocycles. The number of aromatic nitrogens is 1. The average Bonchev–Trinajstić information content (AvgIpc) is 3.20. The summed E-state index contributed by atoms with van der Waals surface area (Å²) in [6.07, 6.45) is 1.30. The first-order valence-electron chi connectivity index (χ1n) is 9.87. The molecule has 1 aromatic rings. The Hall–Kier alpha value is -2.87. The monoisotopic (exact) mass is 544 g/mol. The predicted molar refractivity (Wildman–Crippen MR) is 118 cm³/mol. The molecule has 1 aromatic heterocycles. The van der Waals surface area contributed by atoms with Gasteiger partial charge in [0.05, 0.1) is 0 Å². The van der Waals surface area contributed by atoms with Gasteiger partial charge in [-0.2, -0.15) is 0 Å². The molecule has 0 aliphatic carbocycles. The number of carbonyl (C=O) groups excluding carboxylic acids is 3. The van der Waals surface area contributed by atoms with Crippen LogP contribution in [0.5, 0.6) is 0 Å². The Morgan fingerprint density at radius 1 is 1.45 bits per heavy atom. The van der Waals surface area contributed by atoms with Gasteiger partial charge in [-0.15, -0.1) is 11.8 Å². The van der Waals surface area contributed by atoms with E-state index in [0.717, 1.165) is 11.3 Å². The number of β-lactam (4-membered cyclic amide) rings is 1. The highest BCUT2D eigenvalue weighted by Gasteiger charge is 2.54. The summed E-state index contributed by atoms with van der Waals surface area (Å²) >= 11 is 4.45. The normalized spacial score (nSPS) is 20.2. The van der Waals surface area contributed by atoms with Crippen LogP contribution in [0, 0.1) is 0 Å². The number of halogens is 1. The summed E-state index contributed by atoms with van der Waals surface area (Å²) in [5.74, 6) is -2.37. The highest BCUT2D eigenvalue weighted by molar-refractivity contribution is 9.10. The van der Waals surface area contributed by atoms with Crippen molar-refractivity contribution in [1.29, 1.82) is 0 Å². The lowest BCUT2D eigenvalue weighted by atomic mass is 10.0. The van der Waals surface area contributed by atoms with Gasteiger partial charge in [-0.1, -0.05) is 23.7 Å². The van der Waals surface area contributed by atoms with E-state index in [1.165, 1.54) is 18.7 Å². The molecule has 2 atom stereocenters. The van der Waals surface area contributed by atoms with Crippen molar-refractivity contribution in [2.45, 2.75) is 38.1 Å². The minimum atomic E-state index is -1.30. The molecule has 0 unspecified atom stereocenters.